The van der Waals surface area contributed by atoms with Crippen LogP contribution in [-0.2, 0) is 22.5 Å². The van der Waals surface area contributed by atoms with Crippen molar-refractivity contribution >= 4 is 5.91 Å². The summed E-state index contributed by atoms with van der Waals surface area (Å²) in [5, 5.41) is 0. The monoisotopic (exact) mass is 416 g/mol. The molecule has 30 heavy (non-hydrogen) atoms. The molecule has 1 aromatic rings. The Morgan fingerprint density at radius 1 is 1.10 bits per heavy atom. The van der Waals surface area contributed by atoms with Crippen molar-refractivity contribution in [1.82, 2.24) is 19.8 Å². The third-order valence-corrected chi connectivity index (χ3v) is 7.40. The number of nitrogens with one attached hydrogen (secondary N) is 1. The molecule has 0 atom stereocenters. The molecule has 2 aliphatic heterocycles. The lowest BCUT2D eigenvalue weighted by Crippen LogP contribution is -2.43. The molecule has 0 bridgehead atoms. The highest BCUT2D eigenvalue weighted by Gasteiger charge is 2.33. The predicted molar refractivity (Wildman–Crippen MR) is 115 cm³/mol. The van der Waals surface area contributed by atoms with E-state index in [1.807, 2.05) is 4.90 Å². The van der Waals surface area contributed by atoms with E-state index in [4.69, 9.17) is 9.72 Å². The second kappa shape index (κ2) is 9.18. The Morgan fingerprint density at radius 3 is 2.43 bits per heavy atom. The van der Waals surface area contributed by atoms with Crippen LogP contribution in [0.5, 0.6) is 0 Å². The first-order valence-electron chi connectivity index (χ1n) is 11.6. The molecule has 1 amide bonds. The van der Waals surface area contributed by atoms with Crippen LogP contribution in [0.15, 0.2) is 4.79 Å². The second-order valence-corrected chi connectivity index (χ2v) is 9.50. The number of nitrogens with zero attached hydrogens (tertiary/aromatic N) is 3. The van der Waals surface area contributed by atoms with Crippen molar-refractivity contribution in [2.75, 3.05) is 26.7 Å². The maximum Gasteiger partial charge on any atom is 0.254 e. The minimum Gasteiger partial charge on any atom is -0.381 e. The number of rotatable bonds is 4. The van der Waals surface area contributed by atoms with Crippen molar-refractivity contribution in [1.29, 1.82) is 0 Å². The lowest BCUT2D eigenvalue weighted by Gasteiger charge is -2.36. The lowest BCUT2D eigenvalue weighted by atomic mass is 9.85. The SMILES string of the molecule is COC1CCC(C(=O)N2CCC(c3nc4c(c(=O)[nH]3)CCN(C(C)C)C4)CC2)CC1. The summed E-state index contributed by atoms with van der Waals surface area (Å²) in [5.74, 6) is 1.50. The van der Waals surface area contributed by atoms with Crippen LogP contribution in [-0.4, -0.2) is 64.6 Å². The number of carbonyl (C=O) groups excluding carboxylic acids is 1. The first kappa shape index (κ1) is 21.5. The molecule has 1 aliphatic carbocycles. The van der Waals surface area contributed by atoms with Gasteiger partial charge in [0.15, 0.2) is 0 Å². The zero-order valence-corrected chi connectivity index (χ0v) is 18.7. The number of likely N-dealkylation sites (tertiary alicyclic amines) is 1. The topological polar surface area (TPSA) is 78.5 Å². The third kappa shape index (κ3) is 4.47. The van der Waals surface area contributed by atoms with Gasteiger partial charge in [0.25, 0.3) is 5.56 Å². The Kier molecular flexibility index (Phi) is 6.58. The van der Waals surface area contributed by atoms with E-state index in [0.717, 1.165) is 88.2 Å². The fourth-order valence-corrected chi connectivity index (χ4v) is 5.29. The first-order chi connectivity index (χ1) is 14.5. The highest BCUT2D eigenvalue weighted by atomic mass is 16.5. The van der Waals surface area contributed by atoms with Crippen molar-refractivity contribution in [2.45, 2.75) is 83.4 Å². The Morgan fingerprint density at radius 2 is 1.80 bits per heavy atom. The Balaban J connectivity index is 1.37. The van der Waals surface area contributed by atoms with E-state index in [9.17, 15) is 9.59 Å². The fourth-order valence-electron chi connectivity index (χ4n) is 5.29. The van der Waals surface area contributed by atoms with Gasteiger partial charge in [0.05, 0.1) is 11.8 Å². The van der Waals surface area contributed by atoms with Gasteiger partial charge < -0.3 is 14.6 Å². The van der Waals surface area contributed by atoms with E-state index in [0.29, 0.717) is 18.1 Å². The molecule has 166 valence electrons. The van der Waals surface area contributed by atoms with Crippen LogP contribution in [0.1, 0.15) is 75.4 Å². The van der Waals surface area contributed by atoms with Gasteiger partial charge in [-0.2, -0.15) is 0 Å². The molecule has 1 saturated heterocycles. The average Bonchev–Trinajstić information content (AvgIpc) is 2.78. The number of methoxy groups -OCH3 is 1. The van der Waals surface area contributed by atoms with E-state index in [1.165, 1.54) is 0 Å². The normalized spacial score (nSPS) is 26.1. The zero-order valence-electron chi connectivity index (χ0n) is 18.7. The minimum atomic E-state index is 0.0341. The van der Waals surface area contributed by atoms with Gasteiger partial charge in [0.2, 0.25) is 5.91 Å². The lowest BCUT2D eigenvalue weighted by molar-refractivity contribution is -0.138. The van der Waals surface area contributed by atoms with Crippen LogP contribution in [0, 0.1) is 5.92 Å². The molecule has 0 aromatic carbocycles. The van der Waals surface area contributed by atoms with E-state index >= 15 is 0 Å². The molecule has 3 heterocycles. The van der Waals surface area contributed by atoms with E-state index < -0.39 is 0 Å². The van der Waals surface area contributed by atoms with Crippen LogP contribution in [0.2, 0.25) is 0 Å². The van der Waals surface area contributed by atoms with Gasteiger partial charge in [-0.15, -0.1) is 0 Å². The maximum absolute atomic E-state index is 12.9. The molecule has 4 rings (SSSR count). The number of fused-ring (bicyclic) bond motifs is 1. The summed E-state index contributed by atoms with van der Waals surface area (Å²) in [5.41, 5.74) is 1.84. The van der Waals surface area contributed by atoms with Gasteiger partial charge in [-0.1, -0.05) is 0 Å². The van der Waals surface area contributed by atoms with Crippen molar-refractivity contribution < 1.29 is 9.53 Å². The van der Waals surface area contributed by atoms with E-state index in [2.05, 4.69) is 23.7 Å². The molecular weight excluding hydrogens is 380 g/mol. The highest BCUT2D eigenvalue weighted by molar-refractivity contribution is 5.79. The molecule has 2 fully saturated rings. The predicted octanol–water partition coefficient (Wildman–Crippen LogP) is 2.45. The molecule has 1 N–H and O–H groups in total. The maximum atomic E-state index is 12.9. The number of hydrogen-bond acceptors (Lipinski definition) is 5. The highest BCUT2D eigenvalue weighted by Crippen LogP contribution is 2.31. The van der Waals surface area contributed by atoms with Crippen LogP contribution in [0.3, 0.4) is 0 Å². The zero-order chi connectivity index (χ0) is 21.3. The molecule has 7 heteroatoms. The number of H-pyrrole nitrogens is 1. The average molecular weight is 417 g/mol. The number of amides is 1. The number of ether oxygens (including phenoxy) is 1. The summed E-state index contributed by atoms with van der Waals surface area (Å²) in [6.07, 6.45) is 6.66. The number of aromatic amines is 1. The standard InChI is InChI=1S/C23H36N4O3/c1-15(2)27-13-10-19-20(14-27)24-21(25-22(19)28)16-8-11-26(12-9-16)23(29)17-4-6-18(30-3)7-5-17/h15-18H,4-14H2,1-3H3,(H,24,25,28). The number of hydrogen-bond donors (Lipinski definition) is 1. The van der Waals surface area contributed by atoms with Gasteiger partial charge in [-0.3, -0.25) is 14.5 Å². The Labute approximate surface area is 179 Å². The molecule has 0 spiro atoms. The molecule has 0 unspecified atom stereocenters. The molecule has 0 radical (unpaired) electrons. The number of piperidine rings is 1. The smallest absolute Gasteiger partial charge is 0.254 e. The van der Waals surface area contributed by atoms with Crippen LogP contribution in [0.4, 0.5) is 0 Å². The van der Waals surface area contributed by atoms with Crippen molar-refractivity contribution in [3.63, 3.8) is 0 Å². The molecular formula is C23H36N4O3. The van der Waals surface area contributed by atoms with Crippen molar-refractivity contribution in [3.8, 4) is 0 Å². The summed E-state index contributed by atoms with van der Waals surface area (Å²) >= 11 is 0. The second-order valence-electron chi connectivity index (χ2n) is 9.50. The van der Waals surface area contributed by atoms with Gasteiger partial charge in [-0.25, -0.2) is 4.98 Å². The van der Waals surface area contributed by atoms with Crippen LogP contribution in [0.25, 0.3) is 0 Å². The summed E-state index contributed by atoms with van der Waals surface area (Å²) in [4.78, 5) is 38.0. The summed E-state index contributed by atoms with van der Waals surface area (Å²) in [6.45, 7) is 7.56. The fraction of sp³-hybridized carbons (Fsp3) is 0.783. The largest absolute Gasteiger partial charge is 0.381 e. The first-order valence-corrected chi connectivity index (χ1v) is 11.6. The van der Waals surface area contributed by atoms with Crippen molar-refractivity contribution in [3.05, 3.63) is 27.4 Å². The van der Waals surface area contributed by atoms with Gasteiger partial charge in [-0.05, 0) is 58.8 Å². The van der Waals surface area contributed by atoms with E-state index in [1.54, 1.807) is 7.11 Å². The quantitative estimate of drug-likeness (QED) is 0.816. The van der Waals surface area contributed by atoms with Gasteiger partial charge in [0, 0.05) is 56.7 Å². The number of carbonyl (C=O) groups is 1. The minimum absolute atomic E-state index is 0.0341. The van der Waals surface area contributed by atoms with Gasteiger partial charge >= 0.3 is 0 Å². The summed E-state index contributed by atoms with van der Waals surface area (Å²) < 4.78 is 5.43. The molecule has 1 aromatic heterocycles. The molecule has 3 aliphatic rings. The summed E-state index contributed by atoms with van der Waals surface area (Å²) in [7, 11) is 1.76. The number of aromatic nitrogens is 2. The van der Waals surface area contributed by atoms with Crippen LogP contribution >= 0.6 is 0 Å². The Bertz CT molecular complexity index is 805. The third-order valence-electron chi connectivity index (χ3n) is 7.40. The van der Waals surface area contributed by atoms with Crippen molar-refractivity contribution in [2.24, 2.45) is 5.92 Å². The van der Waals surface area contributed by atoms with E-state index in [-0.39, 0.29) is 17.4 Å². The molecule has 7 nitrogen and oxygen atoms in total. The Hall–Kier alpha value is -1.73. The molecule has 1 saturated carbocycles. The van der Waals surface area contributed by atoms with Gasteiger partial charge in [0.1, 0.15) is 5.82 Å². The summed E-state index contributed by atoms with van der Waals surface area (Å²) in [6, 6.07) is 0.455. The van der Waals surface area contributed by atoms with Crippen LogP contribution < -0.4 is 5.56 Å².